The monoisotopic (exact) mass is 267 g/mol. The molecule has 4 nitrogen and oxygen atoms in total. The molecule has 94 valence electrons. The summed E-state index contributed by atoms with van der Waals surface area (Å²) in [6.07, 6.45) is 1.98. The van der Waals surface area contributed by atoms with Crippen molar-refractivity contribution in [1.82, 2.24) is 14.8 Å². The van der Waals surface area contributed by atoms with Crippen LogP contribution in [0.15, 0.2) is 18.2 Å². The summed E-state index contributed by atoms with van der Waals surface area (Å²) < 4.78 is 15.7. The molecule has 0 radical (unpaired) electrons. The van der Waals surface area contributed by atoms with Crippen LogP contribution in [0.4, 0.5) is 4.39 Å². The van der Waals surface area contributed by atoms with Gasteiger partial charge in [-0.3, -0.25) is 0 Å². The van der Waals surface area contributed by atoms with E-state index in [2.05, 4.69) is 10.2 Å². The molecule has 1 aromatic carbocycles. The van der Waals surface area contributed by atoms with Gasteiger partial charge in [0.1, 0.15) is 12.4 Å². The van der Waals surface area contributed by atoms with Crippen molar-refractivity contribution in [3.63, 3.8) is 0 Å². The van der Waals surface area contributed by atoms with Gasteiger partial charge in [0.05, 0.1) is 10.6 Å². The fourth-order valence-corrected chi connectivity index (χ4v) is 2.28. The summed E-state index contributed by atoms with van der Waals surface area (Å²) in [5.41, 5.74) is 0.248. The van der Waals surface area contributed by atoms with Gasteiger partial charge in [0.25, 0.3) is 0 Å². The number of hydrogen-bond donors (Lipinski definition) is 1. The highest BCUT2D eigenvalue weighted by atomic mass is 35.5. The van der Waals surface area contributed by atoms with E-state index in [0.717, 1.165) is 12.8 Å². The number of nitrogens with zero attached hydrogens (tertiary/aromatic N) is 3. The summed E-state index contributed by atoms with van der Waals surface area (Å²) in [4.78, 5) is 0. The Morgan fingerprint density at radius 3 is 2.78 bits per heavy atom. The maximum atomic E-state index is 13.9. The summed E-state index contributed by atoms with van der Waals surface area (Å²) in [6.45, 7) is -0.213. The lowest BCUT2D eigenvalue weighted by Crippen LogP contribution is -2.04. The van der Waals surface area contributed by atoms with Crippen molar-refractivity contribution >= 4 is 11.6 Å². The van der Waals surface area contributed by atoms with Crippen LogP contribution in [0.25, 0.3) is 11.4 Å². The summed E-state index contributed by atoms with van der Waals surface area (Å²) in [5, 5.41) is 17.4. The molecule has 0 saturated heterocycles. The minimum absolute atomic E-state index is 0.213. The largest absolute Gasteiger partial charge is 0.388 e. The number of benzene rings is 1. The maximum Gasteiger partial charge on any atom is 0.168 e. The first-order valence-electron chi connectivity index (χ1n) is 5.71. The Labute approximate surface area is 108 Å². The van der Waals surface area contributed by atoms with Crippen LogP contribution >= 0.6 is 11.6 Å². The number of aromatic nitrogens is 3. The third-order valence-corrected chi connectivity index (χ3v) is 3.32. The van der Waals surface area contributed by atoms with E-state index >= 15 is 0 Å². The molecule has 18 heavy (non-hydrogen) atoms. The van der Waals surface area contributed by atoms with Crippen LogP contribution in [0, 0.1) is 5.82 Å². The van der Waals surface area contributed by atoms with Crippen LogP contribution in [0.2, 0.25) is 5.02 Å². The number of aliphatic hydroxyl groups excluding tert-OH is 1. The summed E-state index contributed by atoms with van der Waals surface area (Å²) in [5.74, 6) is 0.415. The van der Waals surface area contributed by atoms with E-state index in [1.165, 1.54) is 6.07 Å². The second-order valence-electron chi connectivity index (χ2n) is 4.30. The number of halogens is 2. The fourth-order valence-electron chi connectivity index (χ4n) is 2.03. The van der Waals surface area contributed by atoms with Gasteiger partial charge in [-0.2, -0.15) is 0 Å². The van der Waals surface area contributed by atoms with E-state index < -0.39 is 5.82 Å². The lowest BCUT2D eigenvalue weighted by Gasteiger charge is -2.09. The molecule has 1 heterocycles. The number of hydrogen-bond acceptors (Lipinski definition) is 3. The van der Waals surface area contributed by atoms with Crippen molar-refractivity contribution in [3.8, 4) is 11.4 Å². The zero-order chi connectivity index (χ0) is 12.7. The fraction of sp³-hybridized carbons (Fsp3) is 0.333. The molecule has 2 aromatic rings. The molecule has 1 aliphatic carbocycles. The highest BCUT2D eigenvalue weighted by molar-refractivity contribution is 6.33. The summed E-state index contributed by atoms with van der Waals surface area (Å²) in [7, 11) is 0. The lowest BCUT2D eigenvalue weighted by molar-refractivity contribution is 0.265. The normalized spacial score (nSPS) is 15.1. The van der Waals surface area contributed by atoms with E-state index in [0.29, 0.717) is 16.7 Å². The third kappa shape index (κ3) is 1.79. The average Bonchev–Trinajstić information content (AvgIpc) is 3.10. The first-order valence-corrected chi connectivity index (χ1v) is 6.09. The lowest BCUT2D eigenvalue weighted by atomic mass is 10.2. The van der Waals surface area contributed by atoms with Gasteiger partial charge in [-0.05, 0) is 25.0 Å². The van der Waals surface area contributed by atoms with Crippen LogP contribution < -0.4 is 0 Å². The van der Waals surface area contributed by atoms with Crippen molar-refractivity contribution in [2.75, 3.05) is 0 Å². The number of aliphatic hydroxyl groups is 1. The van der Waals surface area contributed by atoms with E-state index in [9.17, 15) is 9.50 Å². The molecule has 1 aliphatic rings. The molecule has 0 amide bonds. The Morgan fingerprint density at radius 1 is 1.39 bits per heavy atom. The zero-order valence-electron chi connectivity index (χ0n) is 9.48. The SMILES string of the molecule is OCc1nnc(-c2c(F)cccc2Cl)n1C1CC1. The smallest absolute Gasteiger partial charge is 0.168 e. The predicted molar refractivity (Wildman–Crippen MR) is 64.6 cm³/mol. The van der Waals surface area contributed by atoms with Gasteiger partial charge in [0.2, 0.25) is 0 Å². The second kappa shape index (κ2) is 4.33. The minimum Gasteiger partial charge on any atom is -0.388 e. The van der Waals surface area contributed by atoms with E-state index in [4.69, 9.17) is 11.6 Å². The van der Waals surface area contributed by atoms with Gasteiger partial charge >= 0.3 is 0 Å². The van der Waals surface area contributed by atoms with Crippen molar-refractivity contribution < 1.29 is 9.50 Å². The maximum absolute atomic E-state index is 13.9. The zero-order valence-corrected chi connectivity index (χ0v) is 10.2. The Balaban J connectivity index is 2.20. The Hall–Kier alpha value is -1.46. The van der Waals surface area contributed by atoms with Crippen LogP contribution in [0.3, 0.4) is 0 Å². The molecule has 1 aromatic heterocycles. The average molecular weight is 268 g/mol. The highest BCUT2D eigenvalue weighted by Crippen LogP contribution is 2.40. The first kappa shape index (κ1) is 11.6. The third-order valence-electron chi connectivity index (χ3n) is 3.01. The number of rotatable bonds is 3. The molecular formula is C12H11ClFN3O. The van der Waals surface area contributed by atoms with Crippen molar-refractivity contribution in [1.29, 1.82) is 0 Å². The van der Waals surface area contributed by atoms with Gasteiger partial charge in [0.15, 0.2) is 11.6 Å². The first-order chi connectivity index (χ1) is 8.72. The molecule has 0 aliphatic heterocycles. The van der Waals surface area contributed by atoms with Gasteiger partial charge in [-0.1, -0.05) is 17.7 Å². The summed E-state index contributed by atoms with van der Waals surface area (Å²) in [6, 6.07) is 4.75. The van der Waals surface area contributed by atoms with E-state index in [-0.39, 0.29) is 18.2 Å². The van der Waals surface area contributed by atoms with Gasteiger partial charge < -0.3 is 9.67 Å². The molecule has 6 heteroatoms. The molecule has 0 spiro atoms. The van der Waals surface area contributed by atoms with Crippen molar-refractivity contribution in [3.05, 3.63) is 34.9 Å². The Bertz CT molecular complexity index is 575. The van der Waals surface area contributed by atoms with Crippen LogP contribution in [0.5, 0.6) is 0 Å². The molecule has 0 bridgehead atoms. The predicted octanol–water partition coefficient (Wildman–Crippen LogP) is 2.56. The molecular weight excluding hydrogens is 257 g/mol. The Kier molecular flexibility index (Phi) is 2.80. The molecule has 0 atom stereocenters. The van der Waals surface area contributed by atoms with Crippen LogP contribution in [-0.4, -0.2) is 19.9 Å². The van der Waals surface area contributed by atoms with E-state index in [1.54, 1.807) is 16.7 Å². The van der Waals surface area contributed by atoms with Crippen LogP contribution in [-0.2, 0) is 6.61 Å². The van der Waals surface area contributed by atoms with Crippen molar-refractivity contribution in [2.45, 2.75) is 25.5 Å². The molecule has 0 unspecified atom stereocenters. The van der Waals surface area contributed by atoms with Crippen LogP contribution in [0.1, 0.15) is 24.7 Å². The van der Waals surface area contributed by atoms with Gasteiger partial charge in [-0.15, -0.1) is 10.2 Å². The molecule has 3 rings (SSSR count). The van der Waals surface area contributed by atoms with Gasteiger partial charge in [-0.25, -0.2) is 4.39 Å². The molecule has 1 N–H and O–H groups in total. The minimum atomic E-state index is -0.429. The summed E-state index contributed by atoms with van der Waals surface area (Å²) >= 11 is 6.03. The molecule has 1 saturated carbocycles. The molecule has 1 fully saturated rings. The topological polar surface area (TPSA) is 50.9 Å². The second-order valence-corrected chi connectivity index (χ2v) is 4.70. The quantitative estimate of drug-likeness (QED) is 0.930. The standard InChI is InChI=1S/C12H11ClFN3O/c13-8-2-1-3-9(14)11(8)12-16-15-10(6-18)17(12)7-4-5-7/h1-3,7,18H,4-6H2. The van der Waals surface area contributed by atoms with E-state index in [1.807, 2.05) is 0 Å². The highest BCUT2D eigenvalue weighted by Gasteiger charge is 2.31. The Morgan fingerprint density at radius 2 is 2.17 bits per heavy atom. The van der Waals surface area contributed by atoms with Crippen molar-refractivity contribution in [2.24, 2.45) is 0 Å². The van der Waals surface area contributed by atoms with Gasteiger partial charge in [0, 0.05) is 6.04 Å².